The molecule has 4 aromatic carbocycles. The van der Waals surface area contributed by atoms with Crippen molar-refractivity contribution in [2.75, 3.05) is 32.8 Å². The van der Waals surface area contributed by atoms with E-state index in [0.717, 1.165) is 71.7 Å². The molecule has 246 valence electrons. The van der Waals surface area contributed by atoms with Crippen LogP contribution in [0.15, 0.2) is 103 Å². The predicted molar refractivity (Wildman–Crippen MR) is 183 cm³/mol. The average molecular weight is 645 g/mol. The Hall–Kier alpha value is -4.51. The Morgan fingerprint density at radius 3 is 2.40 bits per heavy atom. The van der Waals surface area contributed by atoms with Gasteiger partial charge in [-0.15, -0.1) is 0 Å². The molecule has 0 aliphatic carbocycles. The number of aliphatic hydroxyl groups is 1. The number of benzene rings is 4. The highest BCUT2D eigenvalue weighted by Crippen LogP contribution is 2.42. The minimum absolute atomic E-state index is 0.00620. The van der Waals surface area contributed by atoms with Crippen molar-refractivity contribution < 1.29 is 24.1 Å². The maximum Gasteiger partial charge on any atom is 0.271 e. The molecule has 2 N–H and O–H groups in total. The molecule has 2 saturated heterocycles. The van der Waals surface area contributed by atoms with E-state index in [0.29, 0.717) is 12.1 Å². The van der Waals surface area contributed by atoms with Gasteiger partial charge in [-0.3, -0.25) is 14.7 Å². The second kappa shape index (κ2) is 14.7. The summed E-state index contributed by atoms with van der Waals surface area (Å²) in [5.74, 6) is -0.159. The molecule has 1 aromatic heterocycles. The van der Waals surface area contributed by atoms with Gasteiger partial charge in [0, 0.05) is 37.7 Å². The largest absolute Gasteiger partial charge is 0.392 e. The summed E-state index contributed by atoms with van der Waals surface area (Å²) >= 11 is 0. The number of fused-ring (bicyclic) bond motifs is 1. The first-order valence-electron chi connectivity index (χ1n) is 16.5. The fourth-order valence-corrected chi connectivity index (χ4v) is 6.43. The molecule has 0 unspecified atom stereocenters. The quantitative estimate of drug-likeness (QED) is 0.206. The molecule has 0 spiro atoms. The molecule has 3 heterocycles. The summed E-state index contributed by atoms with van der Waals surface area (Å²) in [7, 11) is 0. The van der Waals surface area contributed by atoms with Crippen molar-refractivity contribution in [3.8, 4) is 11.1 Å². The first-order valence-corrected chi connectivity index (χ1v) is 16.5. The van der Waals surface area contributed by atoms with E-state index in [1.54, 1.807) is 0 Å². The van der Waals surface area contributed by atoms with Gasteiger partial charge in [0.25, 0.3) is 5.91 Å². The first kappa shape index (κ1) is 32.1. The third kappa shape index (κ3) is 7.31. The number of carbonyl (C=O) groups excluding carboxylic acids is 1. The molecule has 1 amide bonds. The first-order chi connectivity index (χ1) is 23.5. The molecule has 0 bridgehead atoms. The van der Waals surface area contributed by atoms with Gasteiger partial charge < -0.3 is 24.6 Å². The van der Waals surface area contributed by atoms with Gasteiger partial charge in [0.2, 0.25) is 0 Å². The molecule has 7 rings (SSSR count). The van der Waals surface area contributed by atoms with E-state index in [4.69, 9.17) is 14.2 Å². The van der Waals surface area contributed by atoms with Crippen molar-refractivity contribution in [3.05, 3.63) is 131 Å². The van der Waals surface area contributed by atoms with Crippen LogP contribution in [0.4, 0.5) is 0 Å². The van der Waals surface area contributed by atoms with Gasteiger partial charge in [0.05, 0.1) is 49.3 Å². The van der Waals surface area contributed by atoms with Crippen molar-refractivity contribution in [2.24, 2.45) is 5.92 Å². The van der Waals surface area contributed by atoms with Crippen LogP contribution in [-0.2, 0) is 27.4 Å². The van der Waals surface area contributed by atoms with Crippen molar-refractivity contribution in [1.82, 2.24) is 20.2 Å². The number of aliphatic hydroxyl groups excluding tert-OH is 1. The van der Waals surface area contributed by atoms with Gasteiger partial charge in [0.15, 0.2) is 6.29 Å². The average Bonchev–Trinajstić information content (AvgIpc) is 3.15. The Balaban J connectivity index is 1.09. The van der Waals surface area contributed by atoms with Crippen molar-refractivity contribution >= 4 is 16.9 Å². The number of morpholine rings is 1. The Labute approximate surface area is 280 Å². The number of amides is 1. The van der Waals surface area contributed by atoms with Crippen molar-refractivity contribution in [2.45, 2.75) is 38.6 Å². The van der Waals surface area contributed by atoms with Crippen LogP contribution in [0.1, 0.15) is 52.1 Å². The van der Waals surface area contributed by atoms with Crippen LogP contribution in [0.3, 0.4) is 0 Å². The maximum absolute atomic E-state index is 12.9. The molecule has 9 nitrogen and oxygen atoms in total. The molecule has 48 heavy (non-hydrogen) atoms. The molecule has 4 atom stereocenters. The fourth-order valence-electron chi connectivity index (χ4n) is 6.43. The van der Waals surface area contributed by atoms with Crippen LogP contribution in [0.25, 0.3) is 22.2 Å². The number of nitrogens with one attached hydrogen (secondary N) is 1. The SMILES string of the molecule is C[C@@H]1[C@H](CN2CCOCC2)O[C@H](c2cccc(-c3cccc(CNC(=O)c4cnc5ccccc5n4)c3)c2)O[C@@H]1c1ccc(CO)cc1. The molecule has 2 aliphatic heterocycles. The zero-order valence-corrected chi connectivity index (χ0v) is 27.0. The predicted octanol–water partition coefficient (Wildman–Crippen LogP) is 5.84. The summed E-state index contributed by atoms with van der Waals surface area (Å²) in [6.07, 6.45) is 0.730. The number of aromatic nitrogens is 2. The molecule has 9 heteroatoms. The summed E-state index contributed by atoms with van der Waals surface area (Å²) in [5.41, 5.74) is 7.63. The number of para-hydroxylation sites is 2. The lowest BCUT2D eigenvalue weighted by molar-refractivity contribution is -0.277. The van der Waals surface area contributed by atoms with E-state index in [1.807, 2.05) is 66.7 Å². The summed E-state index contributed by atoms with van der Waals surface area (Å²) < 4.78 is 19.0. The maximum atomic E-state index is 12.9. The van der Waals surface area contributed by atoms with E-state index in [-0.39, 0.29) is 36.3 Å². The second-order valence-electron chi connectivity index (χ2n) is 12.5. The van der Waals surface area contributed by atoms with Crippen LogP contribution < -0.4 is 5.32 Å². The molecular weight excluding hydrogens is 604 g/mol. The van der Waals surface area contributed by atoms with Gasteiger partial charge in [-0.1, -0.05) is 79.7 Å². The molecule has 5 aromatic rings. The third-order valence-electron chi connectivity index (χ3n) is 9.22. The van der Waals surface area contributed by atoms with E-state index in [2.05, 4.69) is 57.4 Å². The van der Waals surface area contributed by atoms with E-state index in [9.17, 15) is 9.90 Å². The minimum atomic E-state index is -0.555. The lowest BCUT2D eigenvalue weighted by Crippen LogP contribution is -2.47. The van der Waals surface area contributed by atoms with Gasteiger partial charge in [-0.05, 0) is 52.1 Å². The highest BCUT2D eigenvalue weighted by atomic mass is 16.7. The van der Waals surface area contributed by atoms with Gasteiger partial charge in [-0.2, -0.15) is 0 Å². The van der Waals surface area contributed by atoms with Crippen LogP contribution in [0, 0.1) is 5.92 Å². The summed E-state index contributed by atoms with van der Waals surface area (Å²) in [5, 5.41) is 12.6. The number of nitrogens with zero attached hydrogens (tertiary/aromatic N) is 3. The number of rotatable bonds is 9. The minimum Gasteiger partial charge on any atom is -0.392 e. The van der Waals surface area contributed by atoms with E-state index < -0.39 is 6.29 Å². The molecule has 2 fully saturated rings. The molecule has 0 saturated carbocycles. The zero-order valence-electron chi connectivity index (χ0n) is 27.0. The Morgan fingerprint density at radius 1 is 0.854 bits per heavy atom. The highest BCUT2D eigenvalue weighted by Gasteiger charge is 2.39. The summed E-state index contributed by atoms with van der Waals surface area (Å²) in [4.78, 5) is 24.1. The lowest BCUT2D eigenvalue weighted by atomic mass is 9.89. The Bertz CT molecular complexity index is 1860. The smallest absolute Gasteiger partial charge is 0.271 e. The summed E-state index contributed by atoms with van der Waals surface area (Å²) in [6.45, 7) is 6.59. The van der Waals surface area contributed by atoms with Crippen LogP contribution in [0.5, 0.6) is 0 Å². The number of hydrogen-bond donors (Lipinski definition) is 2. The monoisotopic (exact) mass is 644 g/mol. The van der Waals surface area contributed by atoms with Gasteiger partial charge in [0.1, 0.15) is 5.69 Å². The normalized spacial score (nSPS) is 21.6. The van der Waals surface area contributed by atoms with Crippen molar-refractivity contribution in [1.29, 1.82) is 0 Å². The molecule has 2 aliphatic rings. The Kier molecular flexibility index (Phi) is 9.83. The van der Waals surface area contributed by atoms with Crippen LogP contribution >= 0.6 is 0 Å². The molecular formula is C39H40N4O5. The van der Waals surface area contributed by atoms with Gasteiger partial charge in [-0.25, -0.2) is 4.98 Å². The number of carbonyl (C=O) groups is 1. The fraction of sp³-hybridized carbons (Fsp3) is 0.308. The Morgan fingerprint density at radius 2 is 1.60 bits per heavy atom. The standard InChI is InChI=1S/C39H40N4O5/c1-26-36(24-43-16-18-46-19-17-43)47-39(48-37(26)29-14-12-27(25-44)13-15-29)32-9-5-8-31(21-32)30-7-4-6-28(20-30)22-41-38(45)35-23-40-33-10-2-3-11-34(33)42-35/h2-15,20-21,23,26,36-37,39,44H,16-19,22,24-25H2,1H3,(H,41,45)/t26-,36+,37+,39+/m1/s1. The topological polar surface area (TPSA) is 106 Å². The molecule has 0 radical (unpaired) electrons. The number of hydrogen-bond acceptors (Lipinski definition) is 8. The highest BCUT2D eigenvalue weighted by molar-refractivity contribution is 5.93. The van der Waals surface area contributed by atoms with E-state index in [1.165, 1.54) is 6.20 Å². The van der Waals surface area contributed by atoms with Crippen LogP contribution in [0.2, 0.25) is 0 Å². The van der Waals surface area contributed by atoms with Crippen molar-refractivity contribution in [3.63, 3.8) is 0 Å². The number of ether oxygens (including phenoxy) is 3. The van der Waals surface area contributed by atoms with E-state index >= 15 is 0 Å². The lowest BCUT2D eigenvalue weighted by Gasteiger charge is -2.43. The zero-order chi connectivity index (χ0) is 32.9. The second-order valence-corrected chi connectivity index (χ2v) is 12.5. The summed E-state index contributed by atoms with van der Waals surface area (Å²) in [6, 6.07) is 31.9. The van der Waals surface area contributed by atoms with Crippen LogP contribution in [-0.4, -0.2) is 64.8 Å². The van der Waals surface area contributed by atoms with Gasteiger partial charge >= 0.3 is 0 Å². The third-order valence-corrected chi connectivity index (χ3v) is 9.22.